The topological polar surface area (TPSA) is 85.2 Å². The maximum atomic E-state index is 12.2. The summed E-state index contributed by atoms with van der Waals surface area (Å²) < 4.78 is 5.10. The van der Waals surface area contributed by atoms with Crippen molar-refractivity contribution < 1.29 is 14.3 Å². The van der Waals surface area contributed by atoms with E-state index in [2.05, 4.69) is 4.98 Å². The van der Waals surface area contributed by atoms with Gasteiger partial charge >= 0.3 is 5.97 Å². The summed E-state index contributed by atoms with van der Waals surface area (Å²) in [6.07, 6.45) is 1.77. The number of esters is 1. The van der Waals surface area contributed by atoms with Crippen molar-refractivity contribution in [2.45, 2.75) is 12.8 Å². The molecule has 0 radical (unpaired) electrons. The number of H-pyrrole nitrogens is 1. The molecule has 0 aliphatic heterocycles. The molecule has 0 spiro atoms. The van der Waals surface area contributed by atoms with Crippen LogP contribution in [0.3, 0.4) is 0 Å². The van der Waals surface area contributed by atoms with Crippen molar-refractivity contribution in [3.8, 4) is 0 Å². The number of ether oxygens (including phenoxy) is 1. The number of rotatable bonds is 5. The average Bonchev–Trinajstić information content (AvgIpc) is 2.99. The van der Waals surface area contributed by atoms with E-state index in [1.165, 1.54) is 0 Å². The van der Waals surface area contributed by atoms with Crippen molar-refractivity contribution in [1.29, 1.82) is 0 Å². The molecule has 0 saturated carbocycles. The van der Waals surface area contributed by atoms with Crippen molar-refractivity contribution in [1.82, 2.24) is 4.98 Å². The number of primary amides is 1. The first-order chi connectivity index (χ1) is 11.6. The zero-order valence-corrected chi connectivity index (χ0v) is 13.3. The number of carbonyl (C=O) groups excluding carboxylic acids is 2. The summed E-state index contributed by atoms with van der Waals surface area (Å²) in [5, 5.41) is 0.903. The summed E-state index contributed by atoms with van der Waals surface area (Å²) in [6, 6.07) is 14.6. The Balaban J connectivity index is 2.17. The summed E-state index contributed by atoms with van der Waals surface area (Å²) in [5.41, 5.74) is 8.25. The number of aromatic nitrogens is 1. The van der Waals surface area contributed by atoms with Gasteiger partial charge in [-0.25, -0.2) is 4.79 Å². The van der Waals surface area contributed by atoms with E-state index < -0.39 is 17.8 Å². The van der Waals surface area contributed by atoms with Crippen molar-refractivity contribution in [3.05, 3.63) is 71.4 Å². The van der Waals surface area contributed by atoms with Crippen molar-refractivity contribution in [2.24, 2.45) is 5.73 Å². The zero-order chi connectivity index (χ0) is 17.1. The lowest BCUT2D eigenvalue weighted by atomic mass is 9.87. The molecule has 0 aliphatic carbocycles. The van der Waals surface area contributed by atoms with Crippen LogP contribution in [0.4, 0.5) is 0 Å². The fraction of sp³-hybridized carbons (Fsp3) is 0.158. The SMILES string of the molecule is CCOC(=O)c1ccccc1C(C(N)=O)c1c[nH]c2ccccc12. The van der Waals surface area contributed by atoms with Gasteiger partial charge in [-0.3, -0.25) is 4.79 Å². The summed E-state index contributed by atoms with van der Waals surface area (Å²) in [7, 11) is 0. The van der Waals surface area contributed by atoms with Gasteiger partial charge in [0.1, 0.15) is 0 Å². The summed E-state index contributed by atoms with van der Waals surface area (Å²) in [5.74, 6) is -1.71. The lowest BCUT2D eigenvalue weighted by molar-refractivity contribution is -0.118. The van der Waals surface area contributed by atoms with E-state index in [9.17, 15) is 9.59 Å². The molecule has 24 heavy (non-hydrogen) atoms. The number of fused-ring (bicyclic) bond motifs is 1. The number of hydrogen-bond donors (Lipinski definition) is 2. The second kappa shape index (κ2) is 6.58. The van der Waals surface area contributed by atoms with E-state index in [1.807, 2.05) is 24.3 Å². The van der Waals surface area contributed by atoms with Crippen molar-refractivity contribution in [3.63, 3.8) is 0 Å². The van der Waals surface area contributed by atoms with E-state index in [-0.39, 0.29) is 6.61 Å². The third-order valence-electron chi connectivity index (χ3n) is 3.98. The van der Waals surface area contributed by atoms with Crippen LogP contribution in [-0.4, -0.2) is 23.5 Å². The number of nitrogens with one attached hydrogen (secondary N) is 1. The van der Waals surface area contributed by atoms with Gasteiger partial charge in [-0.05, 0) is 30.2 Å². The predicted molar refractivity (Wildman–Crippen MR) is 91.7 cm³/mol. The Morgan fingerprint density at radius 3 is 2.54 bits per heavy atom. The molecule has 1 aromatic heterocycles. The van der Waals surface area contributed by atoms with Gasteiger partial charge in [0.2, 0.25) is 5.91 Å². The lowest BCUT2D eigenvalue weighted by Gasteiger charge is -2.17. The largest absolute Gasteiger partial charge is 0.462 e. The van der Waals surface area contributed by atoms with Gasteiger partial charge in [0.25, 0.3) is 0 Å². The van der Waals surface area contributed by atoms with E-state index in [1.54, 1.807) is 37.4 Å². The van der Waals surface area contributed by atoms with Gasteiger partial charge in [0.15, 0.2) is 0 Å². The van der Waals surface area contributed by atoms with E-state index in [4.69, 9.17) is 10.5 Å². The highest BCUT2D eigenvalue weighted by molar-refractivity contribution is 5.98. The molecule has 122 valence electrons. The van der Waals surface area contributed by atoms with Crippen LogP contribution < -0.4 is 5.73 Å². The maximum absolute atomic E-state index is 12.2. The van der Waals surface area contributed by atoms with E-state index >= 15 is 0 Å². The molecule has 2 aromatic carbocycles. The minimum atomic E-state index is -0.734. The van der Waals surface area contributed by atoms with Crippen molar-refractivity contribution >= 4 is 22.8 Å². The molecule has 1 amide bonds. The normalized spacial score (nSPS) is 12.0. The Hall–Kier alpha value is -3.08. The third kappa shape index (κ3) is 2.76. The molecule has 1 heterocycles. The molecule has 0 saturated heterocycles. The Labute approximate surface area is 139 Å². The molecule has 5 heteroatoms. The molecule has 0 bridgehead atoms. The van der Waals surface area contributed by atoms with Crippen LogP contribution in [0.15, 0.2) is 54.7 Å². The van der Waals surface area contributed by atoms with Gasteiger partial charge < -0.3 is 15.5 Å². The monoisotopic (exact) mass is 322 g/mol. The fourth-order valence-corrected chi connectivity index (χ4v) is 2.95. The van der Waals surface area contributed by atoms with Crippen LogP contribution >= 0.6 is 0 Å². The summed E-state index contributed by atoms with van der Waals surface area (Å²) in [6.45, 7) is 2.01. The number of benzene rings is 2. The molecule has 0 fully saturated rings. The minimum absolute atomic E-state index is 0.265. The number of amides is 1. The first-order valence-electron chi connectivity index (χ1n) is 7.74. The standard InChI is InChI=1S/C19H18N2O3/c1-2-24-19(23)14-9-4-3-8-13(14)17(18(20)22)15-11-21-16-10-6-5-7-12(15)16/h3-11,17,21H,2H2,1H3,(H2,20,22). The van der Waals surface area contributed by atoms with Crippen LogP contribution in [0.1, 0.15) is 34.3 Å². The first kappa shape index (κ1) is 15.8. The average molecular weight is 322 g/mol. The van der Waals surface area contributed by atoms with Crippen LogP contribution in [0, 0.1) is 0 Å². The van der Waals surface area contributed by atoms with Crippen LogP contribution in [0.2, 0.25) is 0 Å². The molecule has 3 aromatic rings. The van der Waals surface area contributed by atoms with Gasteiger partial charge in [-0.1, -0.05) is 36.4 Å². The Kier molecular flexibility index (Phi) is 4.33. The summed E-state index contributed by atoms with van der Waals surface area (Å²) >= 11 is 0. The van der Waals surface area contributed by atoms with Crippen LogP contribution in [0.25, 0.3) is 10.9 Å². The quantitative estimate of drug-likeness (QED) is 0.708. The molecular formula is C19H18N2O3. The third-order valence-corrected chi connectivity index (χ3v) is 3.98. The van der Waals surface area contributed by atoms with Crippen LogP contribution in [-0.2, 0) is 9.53 Å². The highest BCUT2D eigenvalue weighted by atomic mass is 16.5. The van der Waals surface area contributed by atoms with E-state index in [0.717, 1.165) is 16.5 Å². The van der Waals surface area contributed by atoms with Crippen molar-refractivity contribution in [2.75, 3.05) is 6.61 Å². The molecular weight excluding hydrogens is 304 g/mol. The number of carbonyl (C=O) groups is 2. The lowest BCUT2D eigenvalue weighted by Crippen LogP contribution is -2.24. The molecule has 1 unspecified atom stereocenters. The number of para-hydroxylation sites is 1. The number of nitrogens with two attached hydrogens (primary N) is 1. The Morgan fingerprint density at radius 2 is 1.79 bits per heavy atom. The molecule has 3 rings (SSSR count). The molecule has 5 nitrogen and oxygen atoms in total. The summed E-state index contributed by atoms with van der Waals surface area (Å²) in [4.78, 5) is 27.6. The highest BCUT2D eigenvalue weighted by Crippen LogP contribution is 2.32. The van der Waals surface area contributed by atoms with Gasteiger partial charge in [0.05, 0.1) is 18.1 Å². The smallest absolute Gasteiger partial charge is 0.338 e. The minimum Gasteiger partial charge on any atom is -0.462 e. The van der Waals surface area contributed by atoms with Crippen LogP contribution in [0.5, 0.6) is 0 Å². The molecule has 0 aliphatic rings. The second-order valence-corrected chi connectivity index (χ2v) is 5.43. The first-order valence-corrected chi connectivity index (χ1v) is 7.74. The zero-order valence-electron chi connectivity index (χ0n) is 13.3. The Bertz CT molecular complexity index is 898. The van der Waals surface area contributed by atoms with E-state index in [0.29, 0.717) is 11.1 Å². The van der Waals surface area contributed by atoms with Gasteiger partial charge in [-0.2, -0.15) is 0 Å². The van der Waals surface area contributed by atoms with Gasteiger partial charge in [0, 0.05) is 17.1 Å². The van der Waals surface area contributed by atoms with Gasteiger partial charge in [-0.15, -0.1) is 0 Å². The number of aromatic amines is 1. The Morgan fingerprint density at radius 1 is 1.08 bits per heavy atom. The number of hydrogen-bond acceptors (Lipinski definition) is 3. The highest BCUT2D eigenvalue weighted by Gasteiger charge is 2.27. The fourth-order valence-electron chi connectivity index (χ4n) is 2.95. The molecule has 1 atom stereocenters. The predicted octanol–water partition coefficient (Wildman–Crippen LogP) is 2.96. The second-order valence-electron chi connectivity index (χ2n) is 5.43. The molecule has 3 N–H and O–H groups in total. The maximum Gasteiger partial charge on any atom is 0.338 e.